The average Bonchev–Trinajstić information content (AvgIpc) is 3.35. The van der Waals surface area contributed by atoms with E-state index in [1.54, 1.807) is 0 Å². The second-order valence-corrected chi connectivity index (χ2v) is 7.77. The standard InChI is InChI=1S/C14H18N4O3S/c15-9-13-14(17-8-7-16-13)21-11-3-1-10(2-4-11)18-22(19,20)12-5-6-12/h7-8,10-12,18H,1-6H2. The summed E-state index contributed by atoms with van der Waals surface area (Å²) in [5, 5.41) is 8.79. The minimum Gasteiger partial charge on any atom is -0.472 e. The molecule has 2 fully saturated rings. The summed E-state index contributed by atoms with van der Waals surface area (Å²) < 4.78 is 32.4. The smallest absolute Gasteiger partial charge is 0.251 e. The van der Waals surface area contributed by atoms with Crippen LogP contribution < -0.4 is 9.46 Å². The van der Waals surface area contributed by atoms with Crippen molar-refractivity contribution in [3.8, 4) is 11.9 Å². The highest BCUT2D eigenvalue weighted by atomic mass is 32.2. The van der Waals surface area contributed by atoms with E-state index >= 15 is 0 Å². The Hall–Kier alpha value is -1.72. The summed E-state index contributed by atoms with van der Waals surface area (Å²) >= 11 is 0. The van der Waals surface area contributed by atoms with Crippen molar-refractivity contribution in [2.45, 2.75) is 55.9 Å². The van der Waals surface area contributed by atoms with Gasteiger partial charge in [0, 0.05) is 18.4 Å². The first-order valence-electron chi connectivity index (χ1n) is 7.47. The highest BCUT2D eigenvalue weighted by molar-refractivity contribution is 7.90. The minimum atomic E-state index is -3.13. The van der Waals surface area contributed by atoms with Gasteiger partial charge in [-0.3, -0.25) is 0 Å². The molecule has 0 atom stereocenters. The van der Waals surface area contributed by atoms with Crippen LogP contribution in [0.25, 0.3) is 0 Å². The van der Waals surface area contributed by atoms with Crippen LogP contribution in [0.5, 0.6) is 5.88 Å². The van der Waals surface area contributed by atoms with Crippen LogP contribution in [0.15, 0.2) is 12.4 Å². The van der Waals surface area contributed by atoms with Crippen molar-refractivity contribution < 1.29 is 13.2 Å². The Morgan fingerprint density at radius 1 is 1.14 bits per heavy atom. The lowest BCUT2D eigenvalue weighted by Crippen LogP contribution is -2.41. The number of nitrogens with zero attached hydrogens (tertiary/aromatic N) is 3. The molecule has 1 N–H and O–H groups in total. The van der Waals surface area contributed by atoms with Gasteiger partial charge >= 0.3 is 0 Å². The Kier molecular flexibility index (Phi) is 4.27. The van der Waals surface area contributed by atoms with Crippen LogP contribution in [0.4, 0.5) is 0 Å². The third kappa shape index (κ3) is 3.54. The first kappa shape index (κ1) is 15.2. The van der Waals surface area contributed by atoms with Crippen molar-refractivity contribution in [1.82, 2.24) is 14.7 Å². The third-order valence-electron chi connectivity index (χ3n) is 4.02. The van der Waals surface area contributed by atoms with Gasteiger partial charge in [-0.25, -0.2) is 23.1 Å². The van der Waals surface area contributed by atoms with E-state index < -0.39 is 10.0 Å². The number of rotatable bonds is 5. The summed E-state index contributed by atoms with van der Waals surface area (Å²) in [6.07, 6.45) is 7.39. The van der Waals surface area contributed by atoms with Crippen LogP contribution in [0.3, 0.4) is 0 Å². The molecule has 2 saturated carbocycles. The summed E-state index contributed by atoms with van der Waals surface area (Å²) in [6.45, 7) is 0. The summed E-state index contributed by atoms with van der Waals surface area (Å²) in [6, 6.07) is 1.94. The molecular weight excluding hydrogens is 304 g/mol. The van der Waals surface area contributed by atoms with Crippen LogP contribution in [-0.4, -0.2) is 35.8 Å². The van der Waals surface area contributed by atoms with Gasteiger partial charge in [0.15, 0.2) is 0 Å². The number of hydrogen-bond donors (Lipinski definition) is 1. The maximum Gasteiger partial charge on any atom is 0.251 e. The van der Waals surface area contributed by atoms with E-state index in [1.165, 1.54) is 12.4 Å². The molecule has 0 radical (unpaired) electrons. The van der Waals surface area contributed by atoms with Gasteiger partial charge in [-0.2, -0.15) is 5.26 Å². The summed E-state index contributed by atoms with van der Waals surface area (Å²) in [7, 11) is -3.13. The highest BCUT2D eigenvalue weighted by Crippen LogP contribution is 2.30. The number of nitriles is 1. The molecule has 0 aromatic carbocycles. The molecule has 2 aliphatic rings. The predicted molar refractivity (Wildman–Crippen MR) is 78.5 cm³/mol. The normalized spacial score (nSPS) is 25.4. The molecule has 1 aromatic rings. The monoisotopic (exact) mass is 322 g/mol. The summed E-state index contributed by atoms with van der Waals surface area (Å²) in [4.78, 5) is 7.95. The maximum absolute atomic E-state index is 11.9. The molecule has 22 heavy (non-hydrogen) atoms. The number of nitrogens with one attached hydrogen (secondary N) is 1. The molecule has 0 aliphatic heterocycles. The van der Waals surface area contributed by atoms with Crippen molar-refractivity contribution in [2.24, 2.45) is 0 Å². The Balaban J connectivity index is 1.53. The molecule has 3 rings (SSSR count). The van der Waals surface area contributed by atoms with Gasteiger partial charge in [-0.05, 0) is 38.5 Å². The van der Waals surface area contributed by atoms with E-state index in [0.29, 0.717) is 0 Å². The molecule has 8 heteroatoms. The highest BCUT2D eigenvalue weighted by Gasteiger charge is 2.37. The topological polar surface area (TPSA) is 105 Å². The number of ether oxygens (including phenoxy) is 1. The lowest BCUT2D eigenvalue weighted by molar-refractivity contribution is 0.137. The van der Waals surface area contributed by atoms with E-state index in [-0.39, 0.29) is 29.0 Å². The van der Waals surface area contributed by atoms with Crippen LogP contribution in [-0.2, 0) is 10.0 Å². The predicted octanol–water partition coefficient (Wildman–Crippen LogP) is 1.12. The Bertz CT molecular complexity index is 674. The zero-order valence-corrected chi connectivity index (χ0v) is 12.9. The average molecular weight is 322 g/mol. The van der Waals surface area contributed by atoms with Crippen LogP contribution >= 0.6 is 0 Å². The van der Waals surface area contributed by atoms with Gasteiger partial charge in [0.05, 0.1) is 5.25 Å². The molecule has 1 aromatic heterocycles. The van der Waals surface area contributed by atoms with Gasteiger partial charge in [-0.15, -0.1) is 0 Å². The zero-order valence-electron chi connectivity index (χ0n) is 12.1. The fourth-order valence-corrected chi connectivity index (χ4v) is 4.30. The van der Waals surface area contributed by atoms with Crippen LogP contribution in [0.2, 0.25) is 0 Å². The molecule has 1 heterocycles. The minimum absolute atomic E-state index is 0.0113. The quantitative estimate of drug-likeness (QED) is 0.871. The molecular formula is C14H18N4O3S. The van der Waals surface area contributed by atoms with Crippen molar-refractivity contribution in [3.63, 3.8) is 0 Å². The van der Waals surface area contributed by atoms with E-state index in [0.717, 1.165) is 38.5 Å². The van der Waals surface area contributed by atoms with Gasteiger partial charge in [0.2, 0.25) is 15.7 Å². The number of hydrogen-bond acceptors (Lipinski definition) is 6. The van der Waals surface area contributed by atoms with Crippen LogP contribution in [0.1, 0.15) is 44.2 Å². The Labute approximate surface area is 129 Å². The lowest BCUT2D eigenvalue weighted by atomic mass is 9.94. The molecule has 0 amide bonds. The SMILES string of the molecule is N#Cc1nccnc1OC1CCC(NS(=O)(=O)C2CC2)CC1. The number of aromatic nitrogens is 2. The van der Waals surface area contributed by atoms with Gasteiger partial charge in [0.25, 0.3) is 5.88 Å². The van der Waals surface area contributed by atoms with Gasteiger partial charge in [0.1, 0.15) is 12.2 Å². The van der Waals surface area contributed by atoms with E-state index in [4.69, 9.17) is 10.00 Å². The molecule has 2 aliphatic carbocycles. The summed E-state index contributed by atoms with van der Waals surface area (Å²) in [5.41, 5.74) is 0.180. The molecule has 118 valence electrons. The van der Waals surface area contributed by atoms with E-state index in [2.05, 4.69) is 14.7 Å². The molecule has 0 saturated heterocycles. The van der Waals surface area contributed by atoms with Crippen molar-refractivity contribution in [2.75, 3.05) is 0 Å². The fraction of sp³-hybridized carbons (Fsp3) is 0.643. The lowest BCUT2D eigenvalue weighted by Gasteiger charge is -2.29. The summed E-state index contributed by atoms with van der Waals surface area (Å²) in [5.74, 6) is 0.256. The Morgan fingerprint density at radius 3 is 2.45 bits per heavy atom. The Morgan fingerprint density at radius 2 is 1.82 bits per heavy atom. The number of sulfonamides is 1. The maximum atomic E-state index is 11.9. The van der Waals surface area contributed by atoms with Gasteiger partial charge in [-0.1, -0.05) is 0 Å². The fourth-order valence-electron chi connectivity index (χ4n) is 2.65. The second kappa shape index (κ2) is 6.18. The molecule has 0 spiro atoms. The van der Waals surface area contributed by atoms with Crippen molar-refractivity contribution in [3.05, 3.63) is 18.1 Å². The largest absolute Gasteiger partial charge is 0.472 e. The van der Waals surface area contributed by atoms with E-state index in [1.807, 2.05) is 6.07 Å². The van der Waals surface area contributed by atoms with Crippen LogP contribution in [0, 0.1) is 11.3 Å². The first-order chi connectivity index (χ1) is 10.6. The van der Waals surface area contributed by atoms with E-state index in [9.17, 15) is 8.42 Å². The van der Waals surface area contributed by atoms with Crippen molar-refractivity contribution >= 4 is 10.0 Å². The molecule has 0 unspecified atom stereocenters. The molecule has 7 nitrogen and oxygen atoms in total. The molecule has 0 bridgehead atoms. The zero-order chi connectivity index (χ0) is 15.6. The first-order valence-corrected chi connectivity index (χ1v) is 9.02. The van der Waals surface area contributed by atoms with Gasteiger partial charge < -0.3 is 4.74 Å². The third-order valence-corrected chi connectivity index (χ3v) is 6.03. The van der Waals surface area contributed by atoms with Crippen molar-refractivity contribution in [1.29, 1.82) is 5.26 Å². The second-order valence-electron chi connectivity index (χ2n) is 5.78.